The molecule has 29 heavy (non-hydrogen) atoms. The van der Waals surface area contributed by atoms with Gasteiger partial charge in [-0.25, -0.2) is 8.42 Å². The molecule has 2 aromatic carbocycles. The van der Waals surface area contributed by atoms with E-state index in [1.807, 2.05) is 32.9 Å². The monoisotopic (exact) mass is 418 g/mol. The number of benzene rings is 2. The van der Waals surface area contributed by atoms with Crippen molar-refractivity contribution >= 4 is 21.6 Å². The fourth-order valence-corrected chi connectivity index (χ4v) is 4.72. The summed E-state index contributed by atoms with van der Waals surface area (Å²) in [5.41, 5.74) is 3.50. The fraction of sp³-hybridized carbons (Fsp3) is 0.381. The van der Waals surface area contributed by atoms with Crippen LogP contribution in [0.3, 0.4) is 0 Å². The first kappa shape index (κ1) is 21.1. The molecule has 0 aromatic heterocycles. The number of aryl methyl sites for hydroxylation is 3. The SMILES string of the molecule is COc1ccc(S(=O)(=O)Nc2c(C)cc(C)cc2C)cc1C(=O)N1CCOCC1. The lowest BCUT2D eigenvalue weighted by atomic mass is 10.1. The summed E-state index contributed by atoms with van der Waals surface area (Å²) in [7, 11) is -2.43. The number of carbonyl (C=O) groups is 1. The molecule has 0 bridgehead atoms. The van der Waals surface area contributed by atoms with E-state index in [0.717, 1.165) is 16.7 Å². The van der Waals surface area contributed by atoms with Crippen molar-refractivity contribution in [2.45, 2.75) is 25.7 Å². The van der Waals surface area contributed by atoms with Crippen LogP contribution >= 0.6 is 0 Å². The van der Waals surface area contributed by atoms with Gasteiger partial charge in [0.05, 0.1) is 36.5 Å². The van der Waals surface area contributed by atoms with E-state index < -0.39 is 10.0 Å². The van der Waals surface area contributed by atoms with Crippen LogP contribution in [0.2, 0.25) is 0 Å². The predicted molar refractivity (Wildman–Crippen MR) is 111 cm³/mol. The summed E-state index contributed by atoms with van der Waals surface area (Å²) in [6.07, 6.45) is 0. The number of morpholine rings is 1. The van der Waals surface area contributed by atoms with Crippen LogP contribution in [0.15, 0.2) is 35.2 Å². The Morgan fingerprint density at radius 3 is 2.28 bits per heavy atom. The van der Waals surface area contributed by atoms with E-state index in [4.69, 9.17) is 9.47 Å². The quantitative estimate of drug-likeness (QED) is 0.807. The molecule has 3 rings (SSSR count). The first-order chi connectivity index (χ1) is 13.7. The Bertz CT molecular complexity index is 1000. The average Bonchev–Trinajstić information content (AvgIpc) is 2.70. The second kappa shape index (κ2) is 8.42. The van der Waals surface area contributed by atoms with Gasteiger partial charge in [-0.1, -0.05) is 17.7 Å². The lowest BCUT2D eigenvalue weighted by Gasteiger charge is -2.27. The molecule has 0 aliphatic carbocycles. The number of methoxy groups -OCH3 is 1. The minimum Gasteiger partial charge on any atom is -0.496 e. The minimum absolute atomic E-state index is 0.00860. The standard InChI is InChI=1S/C21H26N2O5S/c1-14-11-15(2)20(16(3)12-14)22-29(25,26)17-5-6-19(27-4)18(13-17)21(24)23-7-9-28-10-8-23/h5-6,11-13,22H,7-10H2,1-4H3. The van der Waals surface area contributed by atoms with Crippen molar-refractivity contribution in [2.75, 3.05) is 38.1 Å². The highest BCUT2D eigenvalue weighted by Gasteiger charge is 2.25. The van der Waals surface area contributed by atoms with Gasteiger partial charge in [0, 0.05) is 13.1 Å². The summed E-state index contributed by atoms with van der Waals surface area (Å²) < 4.78 is 39.3. The van der Waals surface area contributed by atoms with Crippen LogP contribution in [0.5, 0.6) is 5.75 Å². The molecular weight excluding hydrogens is 392 g/mol. The van der Waals surface area contributed by atoms with Crippen LogP contribution in [0.25, 0.3) is 0 Å². The fourth-order valence-electron chi connectivity index (χ4n) is 3.49. The smallest absolute Gasteiger partial charge is 0.261 e. The van der Waals surface area contributed by atoms with Crippen LogP contribution in [-0.2, 0) is 14.8 Å². The van der Waals surface area contributed by atoms with Gasteiger partial charge in [0.25, 0.3) is 15.9 Å². The van der Waals surface area contributed by atoms with Crippen molar-refractivity contribution in [3.05, 3.63) is 52.6 Å². The Kier molecular flexibility index (Phi) is 6.14. The van der Waals surface area contributed by atoms with Crippen molar-refractivity contribution < 1.29 is 22.7 Å². The largest absolute Gasteiger partial charge is 0.496 e. The number of nitrogens with one attached hydrogen (secondary N) is 1. The van der Waals surface area contributed by atoms with Crippen molar-refractivity contribution in [3.8, 4) is 5.75 Å². The maximum atomic E-state index is 13.0. The molecule has 8 heteroatoms. The van der Waals surface area contributed by atoms with Crippen molar-refractivity contribution in [2.24, 2.45) is 0 Å². The van der Waals surface area contributed by atoms with Gasteiger partial charge in [-0.15, -0.1) is 0 Å². The third kappa shape index (κ3) is 4.54. The average molecular weight is 419 g/mol. The van der Waals surface area contributed by atoms with E-state index in [-0.39, 0.29) is 16.4 Å². The number of hydrogen-bond donors (Lipinski definition) is 1. The summed E-state index contributed by atoms with van der Waals surface area (Å²) in [5.74, 6) is 0.0630. The highest BCUT2D eigenvalue weighted by molar-refractivity contribution is 7.92. The maximum absolute atomic E-state index is 13.0. The number of carbonyl (C=O) groups excluding carboxylic acids is 1. The Morgan fingerprint density at radius 1 is 1.07 bits per heavy atom. The van der Waals surface area contributed by atoms with Crippen molar-refractivity contribution in [3.63, 3.8) is 0 Å². The van der Waals surface area contributed by atoms with Gasteiger partial charge < -0.3 is 14.4 Å². The lowest BCUT2D eigenvalue weighted by Crippen LogP contribution is -2.40. The topological polar surface area (TPSA) is 84.9 Å². The third-order valence-corrected chi connectivity index (χ3v) is 6.27. The summed E-state index contributed by atoms with van der Waals surface area (Å²) >= 11 is 0. The molecule has 2 aromatic rings. The van der Waals surface area contributed by atoms with Crippen LogP contribution in [-0.4, -0.2) is 52.6 Å². The summed E-state index contributed by atoms with van der Waals surface area (Å²) in [6, 6.07) is 8.17. The van der Waals surface area contributed by atoms with E-state index >= 15 is 0 Å². The Balaban J connectivity index is 1.97. The molecule has 1 aliphatic rings. The van der Waals surface area contributed by atoms with Gasteiger partial charge in [0.15, 0.2) is 0 Å². The summed E-state index contributed by atoms with van der Waals surface area (Å²) in [4.78, 5) is 14.6. The predicted octanol–water partition coefficient (Wildman–Crippen LogP) is 2.89. The van der Waals surface area contributed by atoms with Crippen LogP contribution in [0.4, 0.5) is 5.69 Å². The number of anilines is 1. The van der Waals surface area contributed by atoms with Gasteiger partial charge in [-0.3, -0.25) is 9.52 Å². The normalized spacial score (nSPS) is 14.6. The van der Waals surface area contributed by atoms with Gasteiger partial charge in [-0.05, 0) is 50.1 Å². The Morgan fingerprint density at radius 2 is 1.69 bits per heavy atom. The first-order valence-electron chi connectivity index (χ1n) is 9.38. The zero-order valence-corrected chi connectivity index (χ0v) is 17.9. The number of nitrogens with zero attached hydrogens (tertiary/aromatic N) is 1. The highest BCUT2D eigenvalue weighted by Crippen LogP contribution is 2.28. The molecule has 1 aliphatic heterocycles. The number of amides is 1. The maximum Gasteiger partial charge on any atom is 0.261 e. The van der Waals surface area contributed by atoms with E-state index in [0.29, 0.717) is 37.7 Å². The van der Waals surface area contributed by atoms with Crippen molar-refractivity contribution in [1.29, 1.82) is 0 Å². The van der Waals surface area contributed by atoms with E-state index in [9.17, 15) is 13.2 Å². The van der Waals surface area contributed by atoms with Crippen LogP contribution < -0.4 is 9.46 Å². The second-order valence-electron chi connectivity index (χ2n) is 7.15. The van der Waals surface area contributed by atoms with E-state index in [1.54, 1.807) is 4.90 Å². The molecule has 0 radical (unpaired) electrons. The van der Waals surface area contributed by atoms with Gasteiger partial charge in [0.1, 0.15) is 5.75 Å². The third-order valence-electron chi connectivity index (χ3n) is 4.92. The molecule has 0 saturated carbocycles. The summed E-state index contributed by atoms with van der Waals surface area (Å²) in [5, 5.41) is 0. The van der Waals surface area contributed by atoms with Gasteiger partial charge in [-0.2, -0.15) is 0 Å². The molecule has 7 nitrogen and oxygen atoms in total. The molecule has 156 valence electrons. The minimum atomic E-state index is -3.88. The number of ether oxygens (including phenoxy) is 2. The van der Waals surface area contributed by atoms with E-state index in [1.165, 1.54) is 25.3 Å². The molecule has 0 unspecified atom stereocenters. The van der Waals surface area contributed by atoms with Crippen LogP contribution in [0.1, 0.15) is 27.0 Å². The van der Waals surface area contributed by atoms with Crippen LogP contribution in [0, 0.1) is 20.8 Å². The number of hydrogen-bond acceptors (Lipinski definition) is 5. The van der Waals surface area contributed by atoms with E-state index in [2.05, 4.69) is 4.72 Å². The second-order valence-corrected chi connectivity index (χ2v) is 8.83. The first-order valence-corrected chi connectivity index (χ1v) is 10.9. The van der Waals surface area contributed by atoms with Crippen molar-refractivity contribution in [1.82, 2.24) is 4.90 Å². The summed E-state index contributed by atoms with van der Waals surface area (Å²) in [6.45, 7) is 7.51. The van der Waals surface area contributed by atoms with Gasteiger partial charge >= 0.3 is 0 Å². The Hall–Kier alpha value is -2.58. The molecule has 1 saturated heterocycles. The van der Waals surface area contributed by atoms with Gasteiger partial charge in [0.2, 0.25) is 0 Å². The highest BCUT2D eigenvalue weighted by atomic mass is 32.2. The molecule has 1 heterocycles. The molecule has 1 fully saturated rings. The Labute approximate surface area is 171 Å². The molecule has 1 amide bonds. The zero-order chi connectivity index (χ0) is 21.2. The number of rotatable bonds is 5. The molecular formula is C21H26N2O5S. The lowest BCUT2D eigenvalue weighted by molar-refractivity contribution is 0.0300. The zero-order valence-electron chi connectivity index (χ0n) is 17.1. The number of sulfonamides is 1. The molecule has 0 spiro atoms. The molecule has 1 N–H and O–H groups in total. The molecule has 0 atom stereocenters.